The minimum Gasteiger partial charge on any atom is -0.319 e. The fourth-order valence-electron chi connectivity index (χ4n) is 0.816. The topological polar surface area (TPSA) is 55.1 Å². The van der Waals surface area contributed by atoms with E-state index in [9.17, 15) is 4.21 Å². The molecule has 0 aliphatic heterocycles. The Hall–Kier alpha value is -0.680. The molecule has 0 aliphatic carbocycles. The molecule has 62 valence electrons. The minimum atomic E-state index is -1.93. The van der Waals surface area contributed by atoms with Gasteiger partial charge >= 0.3 is 0 Å². The van der Waals surface area contributed by atoms with E-state index in [-0.39, 0.29) is 6.04 Å². The van der Waals surface area contributed by atoms with Crippen molar-refractivity contribution in [3.8, 4) is 0 Å². The van der Waals surface area contributed by atoms with Crippen molar-refractivity contribution in [3.63, 3.8) is 0 Å². The zero-order chi connectivity index (χ0) is 8.43. The zero-order valence-corrected chi connectivity index (χ0v) is 7.21. The third kappa shape index (κ3) is 1.66. The van der Waals surface area contributed by atoms with Crippen molar-refractivity contribution in [2.45, 2.75) is 24.9 Å². The predicted molar refractivity (Wildman–Crippen MR) is 41.6 cm³/mol. The average Bonchev–Trinajstić information content (AvgIpc) is 2.32. The summed E-state index contributed by atoms with van der Waals surface area (Å²) >= 11 is -1.93. The number of aromatic nitrogens is 2. The number of hydrogen-bond donors (Lipinski definition) is 1. The lowest BCUT2D eigenvalue weighted by Gasteiger charge is -2.07. The van der Waals surface area contributed by atoms with E-state index in [4.69, 9.17) is 4.55 Å². The van der Waals surface area contributed by atoms with Crippen molar-refractivity contribution in [2.75, 3.05) is 0 Å². The standard InChI is InChI=1S/C6H10N2O2S/c1-5(2)8-4-7-3-6(8)11(9)10/h3-5H,1-2H3,(H,9,10). The van der Waals surface area contributed by atoms with Crippen LogP contribution in [0, 0.1) is 0 Å². The Balaban J connectivity index is 3.06. The van der Waals surface area contributed by atoms with Crippen LogP contribution in [0.15, 0.2) is 17.6 Å². The fraction of sp³-hybridized carbons (Fsp3) is 0.500. The Kier molecular flexibility index (Phi) is 2.41. The summed E-state index contributed by atoms with van der Waals surface area (Å²) in [5, 5.41) is 0.347. The fourth-order valence-corrected chi connectivity index (χ4v) is 1.40. The third-order valence-electron chi connectivity index (χ3n) is 1.37. The molecular weight excluding hydrogens is 164 g/mol. The van der Waals surface area contributed by atoms with E-state index < -0.39 is 11.1 Å². The quantitative estimate of drug-likeness (QED) is 0.682. The van der Waals surface area contributed by atoms with E-state index in [0.717, 1.165) is 0 Å². The van der Waals surface area contributed by atoms with Gasteiger partial charge < -0.3 is 9.12 Å². The van der Waals surface area contributed by atoms with Gasteiger partial charge in [0.15, 0.2) is 5.03 Å². The van der Waals surface area contributed by atoms with E-state index in [1.54, 1.807) is 10.9 Å². The normalized spacial score (nSPS) is 13.8. The summed E-state index contributed by atoms with van der Waals surface area (Å²) in [5.74, 6) is 0. The first kappa shape index (κ1) is 8.42. The third-order valence-corrected chi connectivity index (χ3v) is 2.04. The number of nitrogens with zero attached hydrogens (tertiary/aromatic N) is 2. The lowest BCUT2D eigenvalue weighted by Crippen LogP contribution is -2.04. The predicted octanol–water partition coefficient (Wildman–Crippen LogP) is 1.04. The number of rotatable bonds is 2. The highest BCUT2D eigenvalue weighted by atomic mass is 32.2. The van der Waals surface area contributed by atoms with Crippen molar-refractivity contribution in [2.24, 2.45) is 0 Å². The summed E-state index contributed by atoms with van der Waals surface area (Å²) < 4.78 is 21.1. The van der Waals surface area contributed by atoms with Crippen molar-refractivity contribution in [3.05, 3.63) is 12.5 Å². The zero-order valence-electron chi connectivity index (χ0n) is 6.39. The molecule has 1 aromatic rings. The van der Waals surface area contributed by atoms with Crippen LogP contribution in [0.2, 0.25) is 0 Å². The van der Waals surface area contributed by atoms with Crippen LogP contribution in [0.1, 0.15) is 19.9 Å². The van der Waals surface area contributed by atoms with Gasteiger partial charge in [0.05, 0.1) is 12.5 Å². The van der Waals surface area contributed by atoms with Crippen molar-refractivity contribution < 1.29 is 8.76 Å². The lowest BCUT2D eigenvalue weighted by molar-refractivity contribution is 0.517. The van der Waals surface area contributed by atoms with E-state index in [1.807, 2.05) is 13.8 Å². The molecular formula is C6H10N2O2S. The molecule has 5 heteroatoms. The molecule has 1 aromatic heterocycles. The van der Waals surface area contributed by atoms with Gasteiger partial charge in [0.1, 0.15) is 0 Å². The molecule has 4 nitrogen and oxygen atoms in total. The summed E-state index contributed by atoms with van der Waals surface area (Å²) in [4.78, 5) is 3.77. The minimum absolute atomic E-state index is 0.170. The number of hydrogen-bond acceptors (Lipinski definition) is 2. The number of imidazole rings is 1. The molecule has 1 unspecified atom stereocenters. The van der Waals surface area contributed by atoms with Crippen LogP contribution in [0.4, 0.5) is 0 Å². The maximum atomic E-state index is 10.6. The van der Waals surface area contributed by atoms with Gasteiger partial charge in [-0.25, -0.2) is 9.19 Å². The summed E-state index contributed by atoms with van der Waals surface area (Å²) in [5.41, 5.74) is 0. The molecule has 0 amide bonds. The van der Waals surface area contributed by atoms with Crippen LogP contribution >= 0.6 is 0 Å². The Bertz CT molecular complexity index is 269. The Morgan fingerprint density at radius 1 is 1.73 bits per heavy atom. The van der Waals surface area contributed by atoms with Crippen molar-refractivity contribution >= 4 is 11.1 Å². The SMILES string of the molecule is CC(C)n1cncc1S(=O)O. The van der Waals surface area contributed by atoms with Crippen LogP contribution < -0.4 is 0 Å². The summed E-state index contributed by atoms with van der Waals surface area (Å²) in [6.07, 6.45) is 2.95. The van der Waals surface area contributed by atoms with Gasteiger partial charge in [0.25, 0.3) is 0 Å². The van der Waals surface area contributed by atoms with Gasteiger partial charge in [0.2, 0.25) is 11.1 Å². The molecule has 1 N–H and O–H groups in total. The highest BCUT2D eigenvalue weighted by molar-refractivity contribution is 7.79. The molecule has 1 rings (SSSR count). The van der Waals surface area contributed by atoms with Crippen LogP contribution in [0.5, 0.6) is 0 Å². The summed E-state index contributed by atoms with van der Waals surface area (Å²) in [6.45, 7) is 3.86. The molecule has 0 aromatic carbocycles. The molecule has 0 fully saturated rings. The first-order chi connectivity index (χ1) is 5.13. The molecule has 0 spiro atoms. The summed E-state index contributed by atoms with van der Waals surface area (Å²) in [6, 6.07) is 0.170. The van der Waals surface area contributed by atoms with Crippen molar-refractivity contribution in [1.82, 2.24) is 9.55 Å². The van der Waals surface area contributed by atoms with Gasteiger partial charge in [-0.15, -0.1) is 0 Å². The van der Waals surface area contributed by atoms with E-state index in [1.165, 1.54) is 6.20 Å². The van der Waals surface area contributed by atoms with Gasteiger partial charge in [0, 0.05) is 6.04 Å². The second-order valence-electron chi connectivity index (χ2n) is 2.48. The Morgan fingerprint density at radius 2 is 2.36 bits per heavy atom. The van der Waals surface area contributed by atoms with Crippen LogP contribution in [-0.2, 0) is 11.1 Å². The summed E-state index contributed by atoms with van der Waals surface area (Å²) in [7, 11) is 0. The first-order valence-corrected chi connectivity index (χ1v) is 4.36. The van der Waals surface area contributed by atoms with E-state index in [2.05, 4.69) is 4.98 Å². The highest BCUT2D eigenvalue weighted by Gasteiger charge is 2.08. The maximum Gasteiger partial charge on any atom is 0.205 e. The van der Waals surface area contributed by atoms with Gasteiger partial charge in [-0.1, -0.05) is 0 Å². The second kappa shape index (κ2) is 3.15. The van der Waals surface area contributed by atoms with Gasteiger partial charge in [-0.3, -0.25) is 0 Å². The molecule has 0 saturated heterocycles. The van der Waals surface area contributed by atoms with Crippen LogP contribution in [-0.4, -0.2) is 18.3 Å². The maximum absolute atomic E-state index is 10.6. The highest BCUT2D eigenvalue weighted by Crippen LogP contribution is 2.10. The van der Waals surface area contributed by atoms with E-state index in [0.29, 0.717) is 5.03 Å². The molecule has 0 aliphatic rings. The van der Waals surface area contributed by atoms with E-state index >= 15 is 0 Å². The average molecular weight is 174 g/mol. The molecule has 1 heterocycles. The molecule has 0 saturated carbocycles. The van der Waals surface area contributed by atoms with Crippen LogP contribution in [0.3, 0.4) is 0 Å². The smallest absolute Gasteiger partial charge is 0.205 e. The molecule has 1 atom stereocenters. The Morgan fingerprint density at radius 3 is 2.73 bits per heavy atom. The molecule has 0 radical (unpaired) electrons. The lowest BCUT2D eigenvalue weighted by atomic mass is 10.4. The largest absolute Gasteiger partial charge is 0.319 e. The monoisotopic (exact) mass is 174 g/mol. The van der Waals surface area contributed by atoms with Crippen LogP contribution in [0.25, 0.3) is 0 Å². The van der Waals surface area contributed by atoms with Gasteiger partial charge in [-0.2, -0.15) is 0 Å². The van der Waals surface area contributed by atoms with Crippen molar-refractivity contribution in [1.29, 1.82) is 0 Å². The Labute approximate surface area is 67.5 Å². The molecule has 11 heavy (non-hydrogen) atoms. The molecule has 0 bridgehead atoms. The second-order valence-corrected chi connectivity index (χ2v) is 3.40. The van der Waals surface area contributed by atoms with Gasteiger partial charge in [-0.05, 0) is 13.8 Å². The first-order valence-electron chi connectivity index (χ1n) is 3.25.